The number of aromatic nitrogens is 1. The number of hydrogen-bond acceptors (Lipinski definition) is 6. The molecule has 3 aliphatic heterocycles. The maximum absolute atomic E-state index is 12.6. The molecule has 1 amide bonds. The van der Waals surface area contributed by atoms with Crippen LogP contribution >= 0.6 is 11.3 Å². The Morgan fingerprint density at radius 1 is 1.23 bits per heavy atom. The summed E-state index contributed by atoms with van der Waals surface area (Å²) in [5.74, 6) is 1.93. The lowest BCUT2D eigenvalue weighted by atomic mass is 9.79. The van der Waals surface area contributed by atoms with Gasteiger partial charge in [-0.1, -0.05) is 11.3 Å². The molecule has 1 N–H and O–H groups in total. The summed E-state index contributed by atoms with van der Waals surface area (Å²) in [7, 11) is 1.62. The van der Waals surface area contributed by atoms with Gasteiger partial charge in [-0.2, -0.15) is 0 Å². The highest BCUT2D eigenvalue weighted by molar-refractivity contribution is 7.15. The normalized spacial score (nSPS) is 27.2. The molecular weight excluding hydrogens is 350 g/mol. The molecule has 6 nitrogen and oxygen atoms in total. The second-order valence-electron chi connectivity index (χ2n) is 6.88. The van der Waals surface area contributed by atoms with E-state index in [-0.39, 0.29) is 11.9 Å². The molecule has 1 aromatic carbocycles. The van der Waals surface area contributed by atoms with Crippen molar-refractivity contribution in [2.45, 2.75) is 31.8 Å². The number of nitrogens with one attached hydrogen (secondary N) is 1. The molecule has 0 radical (unpaired) electrons. The summed E-state index contributed by atoms with van der Waals surface area (Å²) in [5.41, 5.74) is 0. The van der Waals surface area contributed by atoms with Crippen molar-refractivity contribution in [3.8, 4) is 16.6 Å². The molecule has 2 bridgehead atoms. The molecule has 138 valence electrons. The number of methoxy groups -OCH3 is 1. The van der Waals surface area contributed by atoms with Crippen molar-refractivity contribution in [3.05, 3.63) is 35.5 Å². The van der Waals surface area contributed by atoms with Crippen LogP contribution in [0.1, 0.15) is 29.6 Å². The van der Waals surface area contributed by atoms with E-state index < -0.39 is 0 Å². The van der Waals surface area contributed by atoms with Crippen LogP contribution in [-0.2, 0) is 0 Å². The minimum absolute atomic E-state index is 0.106. The Balaban J connectivity index is 1.40. The number of carbonyl (C=O) groups excluding carboxylic acids is 1. The van der Waals surface area contributed by atoms with Crippen molar-refractivity contribution >= 4 is 17.2 Å². The number of hydrogen-bond donors (Lipinski definition) is 1. The molecule has 1 aromatic heterocycles. The van der Waals surface area contributed by atoms with Gasteiger partial charge in [0.2, 0.25) is 5.06 Å². The van der Waals surface area contributed by atoms with Crippen molar-refractivity contribution in [3.63, 3.8) is 0 Å². The third-order valence-electron chi connectivity index (χ3n) is 5.43. The van der Waals surface area contributed by atoms with Gasteiger partial charge in [0, 0.05) is 12.1 Å². The molecule has 3 fully saturated rings. The molecule has 3 saturated heterocycles. The van der Waals surface area contributed by atoms with Gasteiger partial charge < -0.3 is 14.8 Å². The van der Waals surface area contributed by atoms with Gasteiger partial charge in [0.1, 0.15) is 11.5 Å². The number of benzene rings is 1. The first-order valence-electron chi connectivity index (χ1n) is 8.96. The molecule has 7 heteroatoms. The Bertz CT molecular complexity index is 767. The third kappa shape index (κ3) is 3.41. The molecule has 0 aliphatic carbocycles. The smallest absolute Gasteiger partial charge is 0.280 e. The minimum Gasteiger partial charge on any atom is -0.497 e. The highest BCUT2D eigenvalue weighted by Gasteiger charge is 2.40. The number of carbonyl (C=O) groups is 1. The van der Waals surface area contributed by atoms with Gasteiger partial charge in [-0.3, -0.25) is 9.69 Å². The largest absolute Gasteiger partial charge is 0.497 e. The lowest BCUT2D eigenvalue weighted by molar-refractivity contribution is 0.0217. The van der Waals surface area contributed by atoms with Gasteiger partial charge in [0.25, 0.3) is 5.91 Å². The van der Waals surface area contributed by atoms with Crippen LogP contribution in [0.5, 0.6) is 16.6 Å². The molecule has 0 spiro atoms. The van der Waals surface area contributed by atoms with Crippen LogP contribution in [0.3, 0.4) is 0 Å². The summed E-state index contributed by atoms with van der Waals surface area (Å²) in [5, 5.41) is 4.24. The van der Waals surface area contributed by atoms with Crippen LogP contribution in [0.15, 0.2) is 30.5 Å². The first-order chi connectivity index (χ1) is 12.6. The first kappa shape index (κ1) is 17.3. The Labute approximate surface area is 157 Å². The van der Waals surface area contributed by atoms with Crippen molar-refractivity contribution in [1.29, 1.82) is 0 Å². The van der Waals surface area contributed by atoms with Crippen LogP contribution in [-0.4, -0.2) is 48.1 Å². The van der Waals surface area contributed by atoms with Crippen LogP contribution in [0.4, 0.5) is 0 Å². The van der Waals surface area contributed by atoms with Crippen LogP contribution in [0.25, 0.3) is 0 Å². The number of nitrogens with zero attached hydrogens (tertiary/aromatic N) is 2. The van der Waals surface area contributed by atoms with Crippen LogP contribution < -0.4 is 14.8 Å². The second-order valence-corrected chi connectivity index (χ2v) is 7.87. The van der Waals surface area contributed by atoms with E-state index in [1.54, 1.807) is 13.3 Å². The third-order valence-corrected chi connectivity index (χ3v) is 6.31. The predicted molar refractivity (Wildman–Crippen MR) is 100 cm³/mol. The summed E-state index contributed by atoms with van der Waals surface area (Å²) < 4.78 is 10.9. The topological polar surface area (TPSA) is 63.7 Å². The molecular formula is C19H23N3O3S. The number of thiazole rings is 1. The van der Waals surface area contributed by atoms with Crippen LogP contribution in [0.2, 0.25) is 0 Å². The fraction of sp³-hybridized carbons (Fsp3) is 0.474. The summed E-state index contributed by atoms with van der Waals surface area (Å²) in [6.07, 6.45) is 3.93. The Kier molecular flexibility index (Phi) is 4.82. The average Bonchev–Trinajstić information content (AvgIpc) is 3.14. The molecule has 4 heterocycles. The summed E-state index contributed by atoms with van der Waals surface area (Å²) in [6, 6.07) is 7.92. The zero-order valence-corrected chi connectivity index (χ0v) is 15.8. The second kappa shape index (κ2) is 7.25. The number of ether oxygens (including phenoxy) is 2. The van der Waals surface area contributed by atoms with E-state index in [4.69, 9.17) is 9.47 Å². The summed E-state index contributed by atoms with van der Waals surface area (Å²) in [4.78, 5) is 19.3. The highest BCUT2D eigenvalue weighted by atomic mass is 32.1. The molecule has 0 unspecified atom stereocenters. The van der Waals surface area contributed by atoms with E-state index in [9.17, 15) is 4.79 Å². The number of rotatable bonds is 5. The molecule has 26 heavy (non-hydrogen) atoms. The monoisotopic (exact) mass is 373 g/mol. The minimum atomic E-state index is -0.106. The van der Waals surface area contributed by atoms with E-state index >= 15 is 0 Å². The highest BCUT2D eigenvalue weighted by Crippen LogP contribution is 2.33. The SMILES string of the molecule is COc1ccc(Oc2cnc(C(=O)N[C@@H]3C4CCN(CC4)[C@H]3C)s2)cc1. The zero-order chi connectivity index (χ0) is 18.1. The number of amides is 1. The van der Waals surface area contributed by atoms with Crippen LogP contribution in [0, 0.1) is 5.92 Å². The zero-order valence-electron chi connectivity index (χ0n) is 15.0. The Morgan fingerprint density at radius 2 is 1.92 bits per heavy atom. The summed E-state index contributed by atoms with van der Waals surface area (Å²) in [6.45, 7) is 4.50. The number of fused-ring (bicyclic) bond motifs is 3. The Morgan fingerprint density at radius 3 is 2.58 bits per heavy atom. The number of piperidine rings is 3. The molecule has 2 aromatic rings. The van der Waals surface area contributed by atoms with Gasteiger partial charge >= 0.3 is 0 Å². The van der Waals surface area contributed by atoms with Gasteiger partial charge in [-0.15, -0.1) is 0 Å². The molecule has 5 rings (SSSR count). The van der Waals surface area contributed by atoms with Gasteiger partial charge in [-0.05, 0) is 63.0 Å². The first-order valence-corrected chi connectivity index (χ1v) is 9.78. The van der Waals surface area contributed by atoms with E-state index in [1.165, 1.54) is 24.2 Å². The quantitative estimate of drug-likeness (QED) is 0.872. The Hall–Kier alpha value is -2.12. The van der Waals surface area contributed by atoms with E-state index in [0.29, 0.717) is 27.8 Å². The lowest BCUT2D eigenvalue weighted by Gasteiger charge is -2.49. The molecule has 0 saturated carbocycles. The van der Waals surface area contributed by atoms with Crippen molar-refractivity contribution in [1.82, 2.24) is 15.2 Å². The van der Waals surface area contributed by atoms with Crippen molar-refractivity contribution in [2.75, 3.05) is 20.2 Å². The van der Waals surface area contributed by atoms with Gasteiger partial charge in [0.05, 0.1) is 13.3 Å². The average molecular weight is 373 g/mol. The standard InChI is InChI=1S/C19H23N3O3S/c1-12-17(13-7-9-22(12)10-8-13)21-18(23)19-20-11-16(26-19)25-15-5-3-14(24-2)4-6-15/h3-6,11-13,17H,7-10H2,1-2H3,(H,21,23)/t12-,17-/m0/s1. The molecule has 2 atom stereocenters. The predicted octanol–water partition coefficient (Wildman–Crippen LogP) is 3.16. The maximum Gasteiger partial charge on any atom is 0.280 e. The van der Waals surface area contributed by atoms with E-state index in [1.807, 2.05) is 24.3 Å². The van der Waals surface area contributed by atoms with E-state index in [0.717, 1.165) is 18.8 Å². The maximum atomic E-state index is 12.6. The summed E-state index contributed by atoms with van der Waals surface area (Å²) >= 11 is 1.27. The fourth-order valence-corrected chi connectivity index (χ4v) is 4.62. The fourth-order valence-electron chi connectivity index (χ4n) is 3.93. The lowest BCUT2D eigenvalue weighted by Crippen LogP contribution is -2.62. The van der Waals surface area contributed by atoms with Gasteiger partial charge in [-0.25, -0.2) is 4.98 Å². The van der Waals surface area contributed by atoms with Crippen molar-refractivity contribution in [2.24, 2.45) is 5.92 Å². The van der Waals surface area contributed by atoms with E-state index in [2.05, 4.69) is 22.1 Å². The van der Waals surface area contributed by atoms with Crippen molar-refractivity contribution < 1.29 is 14.3 Å². The van der Waals surface area contributed by atoms with Gasteiger partial charge in [0.15, 0.2) is 5.01 Å². The molecule has 3 aliphatic rings.